The third-order valence-corrected chi connectivity index (χ3v) is 7.65. The fourth-order valence-corrected chi connectivity index (χ4v) is 6.63. The Morgan fingerprint density at radius 3 is 2.63 bits per heavy atom. The van der Waals surface area contributed by atoms with Crippen molar-refractivity contribution in [2.45, 2.75) is 43.6 Å². The molecular weight excluding hydrogens is 298 g/mol. The highest BCUT2D eigenvalue weighted by Gasteiger charge is 2.31. The summed E-state index contributed by atoms with van der Waals surface area (Å²) in [6.45, 7) is 6.21. The highest BCUT2D eigenvalue weighted by Crippen LogP contribution is 2.46. The summed E-state index contributed by atoms with van der Waals surface area (Å²) < 4.78 is 0. The Morgan fingerprint density at radius 2 is 2.11 bits per heavy atom. The number of carboxylic acid groups (broad SMARTS) is 1. The maximum atomic E-state index is 11.3. The number of carbonyl (C=O) groups is 1. The molecule has 1 aliphatic rings. The van der Waals surface area contributed by atoms with Crippen LogP contribution in [0.5, 0.6) is 0 Å². The van der Waals surface area contributed by atoms with E-state index in [-0.39, 0.29) is 5.92 Å². The number of carboxylic acids is 1. The number of aromatic carboxylic acids is 1. The predicted octanol–water partition coefficient (Wildman–Crippen LogP) is 4.26. The van der Waals surface area contributed by atoms with Crippen molar-refractivity contribution in [2.24, 2.45) is 0 Å². The fraction of sp³-hybridized carbons (Fsp3) is 0.692. The molecule has 0 bridgehead atoms. The molecule has 1 aliphatic heterocycles. The van der Waals surface area contributed by atoms with Crippen LogP contribution in [0.2, 0.25) is 0 Å². The fourth-order valence-electron chi connectivity index (χ4n) is 2.15. The molecule has 0 aliphatic carbocycles. The first-order valence-electron chi connectivity index (χ1n) is 6.51. The first-order chi connectivity index (χ1) is 9.04. The van der Waals surface area contributed by atoms with Gasteiger partial charge in [0.2, 0.25) is 0 Å². The third-order valence-electron chi connectivity index (χ3n) is 3.11. The van der Waals surface area contributed by atoms with Crippen molar-refractivity contribution in [2.75, 3.05) is 11.5 Å². The van der Waals surface area contributed by atoms with E-state index in [1.165, 1.54) is 17.1 Å². The van der Waals surface area contributed by atoms with E-state index >= 15 is 0 Å². The number of hydrogen-bond donors (Lipinski definition) is 1. The van der Waals surface area contributed by atoms with Crippen LogP contribution in [0.25, 0.3) is 0 Å². The molecule has 2 heterocycles. The van der Waals surface area contributed by atoms with Crippen molar-refractivity contribution in [1.29, 1.82) is 0 Å². The SMILES string of the molecule is CCC1SCCSC1c1nc(C(C)C)c(C(=O)O)s1. The number of thiazole rings is 1. The molecule has 6 heteroatoms. The van der Waals surface area contributed by atoms with Crippen LogP contribution in [-0.2, 0) is 0 Å². The van der Waals surface area contributed by atoms with E-state index in [4.69, 9.17) is 0 Å². The zero-order valence-corrected chi connectivity index (χ0v) is 13.8. The monoisotopic (exact) mass is 317 g/mol. The largest absolute Gasteiger partial charge is 0.477 e. The number of aromatic nitrogens is 1. The minimum atomic E-state index is -0.839. The van der Waals surface area contributed by atoms with E-state index in [2.05, 4.69) is 11.9 Å². The molecule has 106 valence electrons. The average Bonchev–Trinajstić information content (AvgIpc) is 2.84. The first-order valence-corrected chi connectivity index (χ1v) is 9.43. The van der Waals surface area contributed by atoms with E-state index in [1.54, 1.807) is 0 Å². The minimum Gasteiger partial charge on any atom is -0.477 e. The van der Waals surface area contributed by atoms with Gasteiger partial charge in [0.05, 0.1) is 10.9 Å². The maximum Gasteiger partial charge on any atom is 0.347 e. The number of hydrogen-bond acceptors (Lipinski definition) is 5. The van der Waals surface area contributed by atoms with Crippen molar-refractivity contribution in [1.82, 2.24) is 4.98 Å². The summed E-state index contributed by atoms with van der Waals surface area (Å²) in [6, 6.07) is 0. The van der Waals surface area contributed by atoms with Gasteiger partial charge in [-0.25, -0.2) is 9.78 Å². The van der Waals surface area contributed by atoms with E-state index in [0.29, 0.717) is 15.4 Å². The molecule has 1 fully saturated rings. The van der Waals surface area contributed by atoms with Crippen molar-refractivity contribution in [3.63, 3.8) is 0 Å². The van der Waals surface area contributed by atoms with E-state index in [0.717, 1.165) is 22.9 Å². The highest BCUT2D eigenvalue weighted by molar-refractivity contribution is 8.06. The van der Waals surface area contributed by atoms with Gasteiger partial charge in [0.15, 0.2) is 0 Å². The lowest BCUT2D eigenvalue weighted by Gasteiger charge is -2.28. The predicted molar refractivity (Wildman–Crippen MR) is 84.9 cm³/mol. The lowest BCUT2D eigenvalue weighted by atomic mass is 10.1. The molecule has 2 atom stereocenters. The summed E-state index contributed by atoms with van der Waals surface area (Å²) in [5.74, 6) is 1.64. The minimum absolute atomic E-state index is 0.164. The molecule has 19 heavy (non-hydrogen) atoms. The van der Waals surface area contributed by atoms with Crippen LogP contribution >= 0.6 is 34.9 Å². The molecule has 1 N–H and O–H groups in total. The quantitative estimate of drug-likeness (QED) is 0.899. The molecular formula is C13H19NO2S3. The first kappa shape index (κ1) is 15.2. The molecule has 0 saturated carbocycles. The summed E-state index contributed by atoms with van der Waals surface area (Å²) in [5, 5.41) is 11.2. The second kappa shape index (κ2) is 6.50. The molecule has 0 radical (unpaired) electrons. The van der Waals surface area contributed by atoms with Crippen molar-refractivity contribution >= 4 is 40.8 Å². The molecule has 2 unspecified atom stereocenters. The molecule has 1 aromatic rings. The Hall–Kier alpha value is -0.200. The zero-order chi connectivity index (χ0) is 14.0. The van der Waals surface area contributed by atoms with Gasteiger partial charge in [0.25, 0.3) is 0 Å². The van der Waals surface area contributed by atoms with Crippen LogP contribution in [0.3, 0.4) is 0 Å². The van der Waals surface area contributed by atoms with Crippen molar-refractivity contribution in [3.05, 3.63) is 15.6 Å². The Labute approximate surface area is 126 Å². The van der Waals surface area contributed by atoms with Crippen molar-refractivity contribution in [3.8, 4) is 0 Å². The van der Waals surface area contributed by atoms with Gasteiger partial charge < -0.3 is 5.11 Å². The summed E-state index contributed by atoms with van der Waals surface area (Å²) in [6.07, 6.45) is 1.11. The average molecular weight is 318 g/mol. The van der Waals surface area contributed by atoms with Gasteiger partial charge in [-0.2, -0.15) is 11.8 Å². The molecule has 0 spiro atoms. The van der Waals surface area contributed by atoms with Crippen LogP contribution in [0.1, 0.15) is 58.7 Å². The maximum absolute atomic E-state index is 11.3. The van der Waals surface area contributed by atoms with Gasteiger partial charge in [-0.15, -0.1) is 23.1 Å². The van der Waals surface area contributed by atoms with Gasteiger partial charge in [0.1, 0.15) is 9.88 Å². The summed E-state index contributed by atoms with van der Waals surface area (Å²) in [7, 11) is 0. The van der Waals surface area contributed by atoms with Crippen LogP contribution in [0.15, 0.2) is 0 Å². The summed E-state index contributed by atoms with van der Waals surface area (Å²) >= 11 is 5.30. The smallest absolute Gasteiger partial charge is 0.347 e. The zero-order valence-electron chi connectivity index (χ0n) is 11.4. The topological polar surface area (TPSA) is 50.2 Å². The standard InChI is InChI=1S/C13H19NO2S3/c1-4-8-10(18-6-5-17-8)12-14-9(7(2)3)11(19-12)13(15)16/h7-8,10H,4-6H2,1-3H3,(H,15,16). The van der Waals surface area contributed by atoms with Crippen LogP contribution in [-0.4, -0.2) is 32.8 Å². The van der Waals surface area contributed by atoms with E-state index < -0.39 is 5.97 Å². The Bertz CT molecular complexity index is 459. The van der Waals surface area contributed by atoms with Gasteiger partial charge in [-0.05, 0) is 12.3 Å². The molecule has 1 saturated heterocycles. The lowest BCUT2D eigenvalue weighted by Crippen LogP contribution is -2.18. The third kappa shape index (κ3) is 3.28. The molecule has 0 amide bonds. The number of nitrogens with zero attached hydrogens (tertiary/aromatic N) is 1. The second-order valence-corrected chi connectivity index (χ2v) is 8.46. The molecule has 3 nitrogen and oxygen atoms in total. The Balaban J connectivity index is 2.33. The number of rotatable bonds is 4. The Kier molecular flexibility index (Phi) is 5.20. The van der Waals surface area contributed by atoms with Crippen LogP contribution < -0.4 is 0 Å². The second-order valence-electron chi connectivity index (χ2n) is 4.84. The van der Waals surface area contributed by atoms with Gasteiger partial charge in [0, 0.05) is 16.8 Å². The number of thioether (sulfide) groups is 2. The van der Waals surface area contributed by atoms with Crippen molar-refractivity contribution < 1.29 is 9.90 Å². The molecule has 1 aromatic heterocycles. The molecule has 2 rings (SSSR count). The van der Waals surface area contributed by atoms with E-state index in [9.17, 15) is 9.90 Å². The normalized spacial score (nSPS) is 23.8. The van der Waals surface area contributed by atoms with Gasteiger partial charge >= 0.3 is 5.97 Å². The highest BCUT2D eigenvalue weighted by atomic mass is 32.2. The van der Waals surface area contributed by atoms with Gasteiger partial charge in [-0.3, -0.25) is 0 Å². The van der Waals surface area contributed by atoms with Crippen LogP contribution in [0.4, 0.5) is 0 Å². The summed E-state index contributed by atoms with van der Waals surface area (Å²) in [5.41, 5.74) is 0.749. The molecule has 0 aromatic carbocycles. The Morgan fingerprint density at radius 1 is 1.42 bits per heavy atom. The van der Waals surface area contributed by atoms with E-state index in [1.807, 2.05) is 37.4 Å². The van der Waals surface area contributed by atoms with Crippen LogP contribution in [0, 0.1) is 0 Å². The summed E-state index contributed by atoms with van der Waals surface area (Å²) in [4.78, 5) is 16.4. The van der Waals surface area contributed by atoms with Gasteiger partial charge in [-0.1, -0.05) is 20.8 Å². The lowest BCUT2D eigenvalue weighted by molar-refractivity contribution is 0.0700.